The van der Waals surface area contributed by atoms with Gasteiger partial charge in [0.15, 0.2) is 0 Å². The number of rotatable bonds is 12. The molecule has 39 heavy (non-hydrogen) atoms. The Kier molecular flexibility index (Phi) is 10.9. The molecule has 0 bridgehead atoms. The molecule has 0 radical (unpaired) electrons. The molecule has 0 N–H and O–H groups in total. The lowest BCUT2D eigenvalue weighted by Gasteiger charge is -2.18. The molecule has 0 fully saturated rings. The fourth-order valence-electron chi connectivity index (χ4n) is 3.44. The van der Waals surface area contributed by atoms with Crippen molar-refractivity contribution < 1.29 is 18.9 Å². The summed E-state index contributed by atoms with van der Waals surface area (Å²) >= 11 is 4.95. The SMILES string of the molecule is COc1ccc(OC(CC(Sc2ccc(OC)cc2)Sc2ccc(OC)cc2)=NSc2ccc(C)cc2)cc1. The second kappa shape index (κ2) is 14.8. The van der Waals surface area contributed by atoms with E-state index in [9.17, 15) is 0 Å². The predicted octanol–water partition coefficient (Wildman–Crippen LogP) is 8.81. The van der Waals surface area contributed by atoms with Crippen LogP contribution in [0.15, 0.2) is 116 Å². The molecule has 4 aromatic rings. The molecule has 4 rings (SSSR count). The van der Waals surface area contributed by atoms with Crippen molar-refractivity contribution in [2.75, 3.05) is 21.3 Å². The Morgan fingerprint density at radius 3 is 1.46 bits per heavy atom. The number of benzene rings is 4. The molecule has 0 amide bonds. The molecule has 0 unspecified atom stereocenters. The van der Waals surface area contributed by atoms with Crippen molar-refractivity contribution in [3.63, 3.8) is 0 Å². The van der Waals surface area contributed by atoms with E-state index >= 15 is 0 Å². The van der Waals surface area contributed by atoms with Crippen LogP contribution in [0.25, 0.3) is 0 Å². The van der Waals surface area contributed by atoms with Crippen molar-refractivity contribution in [3.05, 3.63) is 103 Å². The van der Waals surface area contributed by atoms with Gasteiger partial charge < -0.3 is 18.9 Å². The lowest BCUT2D eigenvalue weighted by Crippen LogP contribution is -2.14. The molecule has 0 aromatic heterocycles. The zero-order valence-electron chi connectivity index (χ0n) is 22.3. The normalized spacial score (nSPS) is 11.4. The molecular weight excluding hydrogens is 547 g/mol. The summed E-state index contributed by atoms with van der Waals surface area (Å²) in [5.74, 6) is 3.79. The summed E-state index contributed by atoms with van der Waals surface area (Å²) in [4.78, 5) is 3.33. The molecule has 202 valence electrons. The van der Waals surface area contributed by atoms with E-state index in [4.69, 9.17) is 23.3 Å². The number of nitrogens with zero attached hydrogens (tertiary/aromatic N) is 1. The van der Waals surface area contributed by atoms with Crippen molar-refractivity contribution in [2.45, 2.75) is 32.6 Å². The first kappa shape index (κ1) is 28.8. The average Bonchev–Trinajstić information content (AvgIpc) is 2.98. The number of hydrogen-bond acceptors (Lipinski definition) is 8. The minimum absolute atomic E-state index is 0.0856. The second-order valence-corrected chi connectivity index (χ2v) is 12.1. The van der Waals surface area contributed by atoms with Crippen LogP contribution in [0.2, 0.25) is 0 Å². The highest BCUT2D eigenvalue weighted by atomic mass is 32.2. The monoisotopic (exact) mass is 577 g/mol. The minimum Gasteiger partial charge on any atom is -0.497 e. The molecule has 0 aliphatic rings. The summed E-state index contributed by atoms with van der Waals surface area (Å²) in [6.07, 6.45) is 0.596. The molecule has 0 saturated carbocycles. The summed E-state index contributed by atoms with van der Waals surface area (Å²) in [6, 6.07) is 32.1. The fraction of sp³-hybridized carbons (Fsp3) is 0.194. The van der Waals surface area contributed by atoms with Crippen LogP contribution in [0.1, 0.15) is 12.0 Å². The van der Waals surface area contributed by atoms with Crippen LogP contribution >= 0.6 is 35.5 Å². The second-order valence-electron chi connectivity index (χ2n) is 8.39. The Balaban J connectivity index is 1.60. The van der Waals surface area contributed by atoms with Gasteiger partial charge in [0, 0.05) is 33.1 Å². The summed E-state index contributed by atoms with van der Waals surface area (Å²) in [6.45, 7) is 2.08. The summed E-state index contributed by atoms with van der Waals surface area (Å²) < 4.78 is 27.3. The first-order chi connectivity index (χ1) is 19.0. The predicted molar refractivity (Wildman–Crippen MR) is 164 cm³/mol. The van der Waals surface area contributed by atoms with E-state index in [1.54, 1.807) is 44.9 Å². The van der Waals surface area contributed by atoms with Gasteiger partial charge in [-0.15, -0.1) is 23.5 Å². The Morgan fingerprint density at radius 1 is 0.590 bits per heavy atom. The Morgan fingerprint density at radius 2 is 1.00 bits per heavy atom. The van der Waals surface area contributed by atoms with Gasteiger partial charge in [-0.25, -0.2) is 0 Å². The molecule has 8 heteroatoms. The van der Waals surface area contributed by atoms with Crippen LogP contribution < -0.4 is 18.9 Å². The van der Waals surface area contributed by atoms with E-state index in [0.717, 1.165) is 31.9 Å². The van der Waals surface area contributed by atoms with Gasteiger partial charge in [-0.05, 0) is 91.9 Å². The first-order valence-electron chi connectivity index (χ1n) is 12.3. The van der Waals surface area contributed by atoms with E-state index in [2.05, 4.69) is 55.5 Å². The van der Waals surface area contributed by atoms with Crippen LogP contribution in [-0.2, 0) is 0 Å². The van der Waals surface area contributed by atoms with E-state index < -0.39 is 0 Å². The standard InChI is InChI=1S/C31H31NO4S3/c1-22-5-15-29(16-6-22)39-32-30(36-26-9-7-23(33-2)8-10-26)21-31(37-27-17-11-24(34-3)12-18-27)38-28-19-13-25(35-4)14-20-28/h5-20,31H,21H2,1-4H3. The third-order valence-corrected chi connectivity index (χ3v) is 8.87. The Labute approximate surface area is 243 Å². The highest BCUT2D eigenvalue weighted by Crippen LogP contribution is 2.39. The topological polar surface area (TPSA) is 49.3 Å². The van der Waals surface area contributed by atoms with Gasteiger partial charge in [0.25, 0.3) is 0 Å². The van der Waals surface area contributed by atoms with E-state index in [-0.39, 0.29) is 4.58 Å². The number of hydrogen-bond donors (Lipinski definition) is 0. The first-order valence-corrected chi connectivity index (χ1v) is 14.8. The average molecular weight is 578 g/mol. The zero-order chi connectivity index (χ0) is 27.5. The smallest absolute Gasteiger partial charge is 0.203 e. The van der Waals surface area contributed by atoms with Gasteiger partial charge in [0.2, 0.25) is 5.90 Å². The highest BCUT2D eigenvalue weighted by Gasteiger charge is 2.19. The molecule has 0 heterocycles. The number of methoxy groups -OCH3 is 3. The summed E-state index contributed by atoms with van der Waals surface area (Å²) in [5, 5.41) is 0. The molecule has 4 aromatic carbocycles. The maximum Gasteiger partial charge on any atom is 0.203 e. The Bertz CT molecular complexity index is 1280. The van der Waals surface area contributed by atoms with E-state index in [0.29, 0.717) is 18.1 Å². The van der Waals surface area contributed by atoms with Crippen LogP contribution in [0, 0.1) is 6.92 Å². The molecule has 0 atom stereocenters. The molecule has 5 nitrogen and oxygen atoms in total. The molecule has 0 aliphatic carbocycles. The number of ether oxygens (including phenoxy) is 4. The van der Waals surface area contributed by atoms with Crippen molar-refractivity contribution in [1.82, 2.24) is 0 Å². The lowest BCUT2D eigenvalue weighted by molar-refractivity contribution is 0.413. The largest absolute Gasteiger partial charge is 0.497 e. The third kappa shape index (κ3) is 9.20. The zero-order valence-corrected chi connectivity index (χ0v) is 24.8. The van der Waals surface area contributed by atoms with Crippen molar-refractivity contribution >= 4 is 41.4 Å². The number of thioether (sulfide) groups is 2. The highest BCUT2D eigenvalue weighted by molar-refractivity contribution is 8.17. The van der Waals surface area contributed by atoms with Crippen LogP contribution in [0.3, 0.4) is 0 Å². The molecule has 0 saturated heterocycles. The molecular formula is C31H31NO4S3. The van der Waals surface area contributed by atoms with Crippen LogP contribution in [-0.4, -0.2) is 31.8 Å². The Hall–Kier alpha value is -3.20. The maximum absolute atomic E-state index is 6.35. The molecule has 0 spiro atoms. The minimum atomic E-state index is 0.0856. The quantitative estimate of drug-likeness (QED) is 0.0548. The fourth-order valence-corrected chi connectivity index (χ4v) is 6.52. The summed E-state index contributed by atoms with van der Waals surface area (Å²) in [7, 11) is 5.00. The van der Waals surface area contributed by atoms with Crippen LogP contribution in [0.5, 0.6) is 23.0 Å². The third-order valence-electron chi connectivity index (χ3n) is 5.56. The van der Waals surface area contributed by atoms with Gasteiger partial charge in [-0.1, -0.05) is 17.7 Å². The van der Waals surface area contributed by atoms with Crippen molar-refractivity contribution in [3.8, 4) is 23.0 Å². The van der Waals surface area contributed by atoms with Crippen LogP contribution in [0.4, 0.5) is 0 Å². The maximum atomic E-state index is 6.35. The van der Waals surface area contributed by atoms with E-state index in [1.807, 2.05) is 48.5 Å². The van der Waals surface area contributed by atoms with E-state index in [1.165, 1.54) is 17.5 Å². The molecule has 0 aliphatic heterocycles. The lowest BCUT2D eigenvalue weighted by atomic mass is 10.2. The van der Waals surface area contributed by atoms with Gasteiger partial charge in [0.1, 0.15) is 23.0 Å². The van der Waals surface area contributed by atoms with Gasteiger partial charge in [-0.3, -0.25) is 0 Å². The van der Waals surface area contributed by atoms with Gasteiger partial charge in [-0.2, -0.15) is 4.40 Å². The number of aryl methyl sites for hydroxylation is 1. The summed E-state index contributed by atoms with van der Waals surface area (Å²) in [5.41, 5.74) is 1.21. The van der Waals surface area contributed by atoms with Gasteiger partial charge in [0.05, 0.1) is 25.9 Å². The van der Waals surface area contributed by atoms with Crippen molar-refractivity contribution in [1.29, 1.82) is 0 Å². The van der Waals surface area contributed by atoms with Crippen molar-refractivity contribution in [2.24, 2.45) is 4.40 Å². The van der Waals surface area contributed by atoms with Gasteiger partial charge >= 0.3 is 0 Å².